The zero-order valence-corrected chi connectivity index (χ0v) is 36.2. The molecular weight excluding hydrogens is 847 g/mol. The predicted octanol–water partition coefficient (Wildman–Crippen LogP) is 9.68. The number of carbonyl (C=O) groups excluding carboxylic acids is 2. The lowest BCUT2D eigenvalue weighted by Gasteiger charge is -2.17. The van der Waals surface area contributed by atoms with Gasteiger partial charge in [-0.25, -0.2) is 8.42 Å². The van der Waals surface area contributed by atoms with Crippen LogP contribution in [-0.4, -0.2) is 58.8 Å². The van der Waals surface area contributed by atoms with Crippen molar-refractivity contribution in [3.8, 4) is 34.5 Å². The summed E-state index contributed by atoms with van der Waals surface area (Å²) in [6.45, 7) is 3.83. The Labute approximate surface area is 361 Å². The number of sulfonamides is 1. The van der Waals surface area contributed by atoms with Crippen molar-refractivity contribution in [3.63, 3.8) is 0 Å². The molecule has 0 saturated heterocycles. The maximum absolute atomic E-state index is 13.3. The van der Waals surface area contributed by atoms with E-state index in [0.29, 0.717) is 55.9 Å². The van der Waals surface area contributed by atoms with Gasteiger partial charge in [-0.2, -0.15) is 0 Å². The van der Waals surface area contributed by atoms with E-state index in [1.54, 1.807) is 61.7 Å². The average molecular weight is 890 g/mol. The Morgan fingerprint density at radius 1 is 0.623 bits per heavy atom. The van der Waals surface area contributed by atoms with E-state index in [-0.39, 0.29) is 40.2 Å². The van der Waals surface area contributed by atoms with Crippen molar-refractivity contribution in [2.45, 2.75) is 31.6 Å². The predicted molar refractivity (Wildman–Crippen MR) is 235 cm³/mol. The lowest BCUT2D eigenvalue weighted by atomic mass is 10.1. The minimum Gasteiger partial charge on any atom is -0.493 e. The molecule has 0 amide bonds. The molecule has 0 spiro atoms. The number of carbonyl (C=O) groups is 2. The van der Waals surface area contributed by atoms with Gasteiger partial charge >= 0.3 is 11.9 Å². The first-order valence-electron chi connectivity index (χ1n) is 18.4. The van der Waals surface area contributed by atoms with Gasteiger partial charge in [-0.15, -0.1) is 0 Å². The fraction of sp³-hybridized carbons (Fsp3) is 0.182. The van der Waals surface area contributed by atoms with Crippen LogP contribution in [0.25, 0.3) is 21.8 Å². The van der Waals surface area contributed by atoms with Crippen LogP contribution < -0.4 is 29.4 Å². The highest BCUT2D eigenvalue weighted by Crippen LogP contribution is 2.42. The third kappa shape index (κ3) is 10.3. The van der Waals surface area contributed by atoms with Crippen LogP contribution in [0, 0.1) is 13.8 Å². The Hall–Kier alpha value is -6.55. The van der Waals surface area contributed by atoms with E-state index >= 15 is 0 Å². The van der Waals surface area contributed by atoms with Crippen molar-refractivity contribution in [2.24, 2.45) is 0 Å². The third-order valence-electron chi connectivity index (χ3n) is 9.31. The van der Waals surface area contributed by atoms with Crippen LogP contribution >= 0.6 is 23.2 Å². The second-order valence-corrected chi connectivity index (χ2v) is 16.1. The van der Waals surface area contributed by atoms with Crippen LogP contribution in [0.5, 0.6) is 34.5 Å². The zero-order chi connectivity index (χ0) is 44.0. The van der Waals surface area contributed by atoms with Gasteiger partial charge in [0.05, 0.1) is 52.0 Å². The normalized spacial score (nSPS) is 11.1. The van der Waals surface area contributed by atoms with Crippen LogP contribution in [0.4, 0.5) is 11.4 Å². The van der Waals surface area contributed by atoms with Crippen LogP contribution in [0.3, 0.4) is 0 Å². The number of anilines is 2. The number of methoxy groups -OCH3 is 4. The fourth-order valence-electron chi connectivity index (χ4n) is 6.36. The molecule has 0 radical (unpaired) electrons. The van der Waals surface area contributed by atoms with E-state index < -0.39 is 16.0 Å². The molecule has 0 aliphatic heterocycles. The summed E-state index contributed by atoms with van der Waals surface area (Å²) in [5.41, 5.74) is 12.0. The molecule has 0 aliphatic rings. The maximum atomic E-state index is 13.3. The second kappa shape index (κ2) is 18.8. The summed E-state index contributed by atoms with van der Waals surface area (Å²) in [5, 5.41) is 1.81. The molecule has 0 saturated carbocycles. The van der Waals surface area contributed by atoms with E-state index in [0.717, 1.165) is 27.9 Å². The minimum absolute atomic E-state index is 0.0160. The number of halogens is 2. The van der Waals surface area contributed by atoms with E-state index in [9.17, 15) is 18.0 Å². The molecule has 2 heterocycles. The van der Waals surface area contributed by atoms with Crippen molar-refractivity contribution >= 4 is 78.3 Å². The molecule has 7 aromatic rings. The van der Waals surface area contributed by atoms with Crippen molar-refractivity contribution in [1.29, 1.82) is 0 Å². The Balaban J connectivity index is 0.000000218. The molecule has 17 heteroatoms. The highest BCUT2D eigenvalue weighted by molar-refractivity contribution is 7.92. The molecule has 7 rings (SSSR count). The monoisotopic (exact) mass is 888 g/mol. The molecule has 14 nitrogen and oxygen atoms in total. The van der Waals surface area contributed by atoms with Gasteiger partial charge in [-0.1, -0.05) is 35.3 Å². The molecule has 318 valence electrons. The first kappa shape index (κ1) is 44.0. The first-order valence-corrected chi connectivity index (χ1v) is 20.7. The van der Waals surface area contributed by atoms with Crippen molar-refractivity contribution in [1.82, 2.24) is 9.97 Å². The van der Waals surface area contributed by atoms with E-state index in [1.807, 2.05) is 32.0 Å². The molecule has 0 atom stereocenters. The van der Waals surface area contributed by atoms with Crippen LogP contribution in [-0.2, 0) is 41.9 Å². The first-order chi connectivity index (χ1) is 29.1. The number of nitrogens with one attached hydrogen (secondary N) is 3. The number of rotatable bonds is 13. The SMILES string of the molecule is COC(=O)Cc1ccc(Oc2ccc3[nH]c(C)cc3c2N)c(OC)c1.COC(=O)Cc1ccc(Oc2ccc3[nH]c(C)cc3c2NS(=O)(=O)c2ccc(Cl)cc2Cl)c(OC)c1. The van der Waals surface area contributed by atoms with Crippen LogP contribution in [0.2, 0.25) is 10.0 Å². The lowest BCUT2D eigenvalue weighted by molar-refractivity contribution is -0.140. The number of aromatic amines is 2. The maximum Gasteiger partial charge on any atom is 0.309 e. The number of esters is 2. The topological polar surface area (TPSA) is 193 Å². The standard InChI is InChI=1S/C25H22Cl2N2O6S.C19H20N2O4/c1-14-10-17-19(28-14)6-8-21(25(17)29-36(31,32)23-9-5-16(26)13-18(23)27)35-20-7-4-15(11-22(20)33-2)12-24(30)34-3;1-11-8-13-14(21-11)5-7-16(19(13)20)25-15-6-4-12(9-17(15)23-2)10-18(22)24-3/h4-11,13,28-29H,12H2,1-3H3;4-9,21H,10,20H2,1-3H3. The highest BCUT2D eigenvalue weighted by Gasteiger charge is 2.24. The second-order valence-electron chi connectivity index (χ2n) is 13.6. The molecule has 0 fully saturated rings. The number of fused-ring (bicyclic) bond motifs is 2. The molecule has 61 heavy (non-hydrogen) atoms. The fourth-order valence-corrected chi connectivity index (χ4v) is 8.22. The smallest absolute Gasteiger partial charge is 0.309 e. The number of nitrogen functional groups attached to an aromatic ring is 1. The van der Waals surface area contributed by atoms with Crippen molar-refractivity contribution in [2.75, 3.05) is 38.9 Å². The van der Waals surface area contributed by atoms with Crippen molar-refractivity contribution < 1.29 is 46.4 Å². The Morgan fingerprint density at radius 2 is 1.11 bits per heavy atom. The summed E-state index contributed by atoms with van der Waals surface area (Å²) in [6.07, 6.45) is 0.235. The number of aryl methyl sites for hydroxylation is 2. The average Bonchev–Trinajstić information content (AvgIpc) is 3.82. The summed E-state index contributed by atoms with van der Waals surface area (Å²) in [7, 11) is 1.58. The van der Waals surface area contributed by atoms with Gasteiger partial charge in [-0.3, -0.25) is 14.3 Å². The summed E-state index contributed by atoms with van der Waals surface area (Å²) >= 11 is 12.1. The molecule has 2 aromatic heterocycles. The van der Waals surface area contributed by atoms with E-state index in [4.69, 9.17) is 52.6 Å². The third-order valence-corrected chi connectivity index (χ3v) is 11.4. The molecule has 5 N–H and O–H groups in total. The van der Waals surface area contributed by atoms with Crippen LogP contribution in [0.1, 0.15) is 22.5 Å². The molecule has 0 aliphatic carbocycles. The molecule has 0 bridgehead atoms. The lowest BCUT2D eigenvalue weighted by Crippen LogP contribution is -2.14. The van der Waals surface area contributed by atoms with Gasteiger partial charge in [0.1, 0.15) is 10.6 Å². The van der Waals surface area contributed by atoms with Crippen LogP contribution in [0.15, 0.2) is 95.9 Å². The quantitative estimate of drug-likeness (QED) is 0.0636. The number of H-pyrrole nitrogens is 2. The molecular formula is C44H42Cl2N4O10S. The Bertz CT molecular complexity index is 2880. The number of ether oxygens (including phenoxy) is 6. The van der Waals surface area contributed by atoms with Gasteiger partial charge in [0.25, 0.3) is 10.0 Å². The summed E-state index contributed by atoms with van der Waals surface area (Å²) < 4.78 is 61.6. The molecule has 5 aromatic carbocycles. The summed E-state index contributed by atoms with van der Waals surface area (Å²) in [5.74, 6) is 1.80. The summed E-state index contributed by atoms with van der Waals surface area (Å²) in [6, 6.07) is 25.4. The van der Waals surface area contributed by atoms with Gasteiger partial charge in [0.15, 0.2) is 34.5 Å². The van der Waals surface area contributed by atoms with Gasteiger partial charge < -0.3 is 44.1 Å². The zero-order valence-electron chi connectivity index (χ0n) is 33.9. The van der Waals surface area contributed by atoms with E-state index in [2.05, 4.69) is 19.4 Å². The number of hydrogen-bond donors (Lipinski definition) is 4. The van der Waals surface area contributed by atoms with Gasteiger partial charge in [0, 0.05) is 38.2 Å². The number of benzene rings is 5. The minimum atomic E-state index is -4.11. The largest absolute Gasteiger partial charge is 0.493 e. The van der Waals surface area contributed by atoms with Gasteiger partial charge in [-0.05, 0) is 104 Å². The number of hydrogen-bond acceptors (Lipinski definition) is 11. The Morgan fingerprint density at radius 3 is 1.64 bits per heavy atom. The number of nitrogens with two attached hydrogens (primary N) is 1. The van der Waals surface area contributed by atoms with Gasteiger partial charge in [0.2, 0.25) is 0 Å². The highest BCUT2D eigenvalue weighted by atomic mass is 35.5. The molecule has 0 unspecified atom stereocenters. The Kier molecular flexibility index (Phi) is 13.6. The summed E-state index contributed by atoms with van der Waals surface area (Å²) in [4.78, 5) is 29.3. The van der Waals surface area contributed by atoms with E-state index in [1.165, 1.54) is 39.5 Å². The number of aromatic nitrogens is 2. The van der Waals surface area contributed by atoms with Crippen molar-refractivity contribution in [3.05, 3.63) is 124 Å².